The molecular formula is C13H14N4O3S2. The average molecular weight is 338 g/mol. The fourth-order valence-corrected chi connectivity index (χ4v) is 3.41. The Kier molecular flexibility index (Phi) is 5.01. The molecule has 0 bridgehead atoms. The van der Waals surface area contributed by atoms with Crippen LogP contribution in [-0.4, -0.2) is 31.1 Å². The third-order valence-electron chi connectivity index (χ3n) is 2.59. The number of aromatic nitrogens is 2. The second kappa shape index (κ2) is 6.77. The molecule has 116 valence electrons. The number of nitrogens with zero attached hydrogens (tertiary/aromatic N) is 2. The monoisotopic (exact) mass is 338 g/mol. The maximum Gasteiger partial charge on any atom is 0.270 e. The van der Waals surface area contributed by atoms with E-state index in [1.54, 1.807) is 12.1 Å². The van der Waals surface area contributed by atoms with Gasteiger partial charge < -0.3 is 0 Å². The van der Waals surface area contributed by atoms with Crippen molar-refractivity contribution in [2.24, 2.45) is 0 Å². The van der Waals surface area contributed by atoms with E-state index >= 15 is 0 Å². The van der Waals surface area contributed by atoms with E-state index in [1.165, 1.54) is 6.08 Å². The largest absolute Gasteiger partial charge is 0.296 e. The normalized spacial score (nSPS) is 11.1. The molecule has 22 heavy (non-hydrogen) atoms. The van der Waals surface area contributed by atoms with Gasteiger partial charge in [0.1, 0.15) is 0 Å². The van der Waals surface area contributed by atoms with E-state index in [-0.39, 0.29) is 21.9 Å². The van der Waals surface area contributed by atoms with Crippen molar-refractivity contribution in [2.45, 2.75) is 11.3 Å². The molecule has 1 amide bonds. The molecule has 1 heterocycles. The van der Waals surface area contributed by atoms with E-state index < -0.39 is 10.0 Å². The molecule has 0 aliphatic rings. The summed E-state index contributed by atoms with van der Waals surface area (Å²) >= 11 is 0.777. The fourth-order valence-electron chi connectivity index (χ4n) is 1.47. The molecule has 9 heteroatoms. The molecule has 0 aliphatic heterocycles. The summed E-state index contributed by atoms with van der Waals surface area (Å²) in [4.78, 5) is 12.0. The molecule has 0 spiro atoms. The highest BCUT2D eigenvalue weighted by Gasteiger charge is 2.20. The molecule has 0 unspecified atom stereocenters. The lowest BCUT2D eigenvalue weighted by molar-refractivity contribution is 0.102. The summed E-state index contributed by atoms with van der Waals surface area (Å²) in [6.07, 6.45) is 1.42. The van der Waals surface area contributed by atoms with Crippen molar-refractivity contribution < 1.29 is 13.2 Å². The molecule has 0 saturated carbocycles. The van der Waals surface area contributed by atoms with Crippen molar-refractivity contribution in [3.8, 4) is 0 Å². The number of rotatable bonds is 6. The van der Waals surface area contributed by atoms with Gasteiger partial charge in [0.15, 0.2) is 0 Å². The fraction of sp³-hybridized carbons (Fsp3) is 0.154. The first-order chi connectivity index (χ1) is 10.4. The van der Waals surface area contributed by atoms with Crippen LogP contribution < -0.4 is 10.0 Å². The van der Waals surface area contributed by atoms with Crippen LogP contribution in [0.4, 0.5) is 5.13 Å². The number of hydrogen-bond acceptors (Lipinski definition) is 6. The van der Waals surface area contributed by atoms with Crippen LogP contribution in [0.15, 0.2) is 41.3 Å². The summed E-state index contributed by atoms with van der Waals surface area (Å²) in [5.41, 5.74) is 1.49. The van der Waals surface area contributed by atoms with Crippen molar-refractivity contribution in [3.63, 3.8) is 0 Å². The van der Waals surface area contributed by atoms with Crippen molar-refractivity contribution in [2.75, 3.05) is 11.9 Å². The van der Waals surface area contributed by atoms with E-state index in [1.807, 2.05) is 19.1 Å². The van der Waals surface area contributed by atoms with E-state index in [2.05, 4.69) is 26.8 Å². The number of sulfonamides is 1. The molecule has 2 aromatic rings. The SMILES string of the molecule is C=CCNS(=O)(=O)c1nnc(NC(=O)c2ccc(C)cc2)s1. The summed E-state index contributed by atoms with van der Waals surface area (Å²) in [5.74, 6) is -0.376. The van der Waals surface area contributed by atoms with Gasteiger partial charge in [-0.1, -0.05) is 35.1 Å². The summed E-state index contributed by atoms with van der Waals surface area (Å²) in [7, 11) is -3.74. The molecule has 0 fully saturated rings. The van der Waals surface area contributed by atoms with Gasteiger partial charge in [0.2, 0.25) is 9.47 Å². The minimum Gasteiger partial charge on any atom is -0.296 e. The smallest absolute Gasteiger partial charge is 0.270 e. The predicted octanol–water partition coefficient (Wildman–Crippen LogP) is 1.56. The number of carbonyl (C=O) groups excluding carboxylic acids is 1. The Morgan fingerprint density at radius 1 is 1.32 bits per heavy atom. The number of carbonyl (C=O) groups is 1. The Morgan fingerprint density at radius 3 is 2.64 bits per heavy atom. The van der Waals surface area contributed by atoms with Crippen LogP contribution >= 0.6 is 11.3 Å². The van der Waals surface area contributed by atoms with Gasteiger partial charge in [0, 0.05) is 12.1 Å². The van der Waals surface area contributed by atoms with Crippen LogP contribution in [0.3, 0.4) is 0 Å². The van der Waals surface area contributed by atoms with Crippen LogP contribution in [0.25, 0.3) is 0 Å². The maximum absolute atomic E-state index is 12.0. The molecule has 1 aromatic heterocycles. The van der Waals surface area contributed by atoms with Gasteiger partial charge >= 0.3 is 0 Å². The van der Waals surface area contributed by atoms with Gasteiger partial charge in [0.05, 0.1) is 0 Å². The Balaban J connectivity index is 2.10. The van der Waals surface area contributed by atoms with E-state index in [0.717, 1.165) is 16.9 Å². The third-order valence-corrected chi connectivity index (χ3v) is 5.22. The summed E-state index contributed by atoms with van der Waals surface area (Å²) < 4.78 is 25.7. The van der Waals surface area contributed by atoms with Gasteiger partial charge in [-0.05, 0) is 19.1 Å². The lowest BCUT2D eigenvalue weighted by atomic mass is 10.1. The second-order valence-electron chi connectivity index (χ2n) is 4.33. The van der Waals surface area contributed by atoms with Crippen LogP contribution in [0.1, 0.15) is 15.9 Å². The lowest BCUT2D eigenvalue weighted by Crippen LogP contribution is -2.23. The zero-order chi connectivity index (χ0) is 16.2. The quantitative estimate of drug-likeness (QED) is 0.615. The highest BCUT2D eigenvalue weighted by atomic mass is 32.2. The van der Waals surface area contributed by atoms with Crippen LogP contribution in [-0.2, 0) is 10.0 Å². The molecule has 2 rings (SSSR count). The Morgan fingerprint density at radius 2 is 2.00 bits per heavy atom. The van der Waals surface area contributed by atoms with Crippen molar-refractivity contribution >= 4 is 32.4 Å². The molecule has 1 aromatic carbocycles. The molecular weight excluding hydrogens is 324 g/mol. The van der Waals surface area contributed by atoms with Gasteiger partial charge in [0.25, 0.3) is 15.9 Å². The topological polar surface area (TPSA) is 101 Å². The first-order valence-corrected chi connectivity index (χ1v) is 8.54. The molecule has 7 nitrogen and oxygen atoms in total. The van der Waals surface area contributed by atoms with Crippen LogP contribution in [0.5, 0.6) is 0 Å². The van der Waals surface area contributed by atoms with Crippen LogP contribution in [0.2, 0.25) is 0 Å². The highest BCUT2D eigenvalue weighted by molar-refractivity contribution is 7.91. The zero-order valence-electron chi connectivity index (χ0n) is 11.7. The minimum absolute atomic E-state index is 0.0903. The van der Waals surface area contributed by atoms with E-state index in [0.29, 0.717) is 5.56 Å². The molecule has 0 saturated heterocycles. The number of amides is 1. The Hall–Kier alpha value is -2.10. The summed E-state index contributed by atoms with van der Waals surface area (Å²) in [6, 6.07) is 6.97. The van der Waals surface area contributed by atoms with E-state index in [4.69, 9.17) is 0 Å². The minimum atomic E-state index is -3.74. The Bertz CT molecular complexity index is 782. The predicted molar refractivity (Wildman–Crippen MR) is 84.4 cm³/mol. The van der Waals surface area contributed by atoms with Crippen molar-refractivity contribution in [1.82, 2.24) is 14.9 Å². The number of benzene rings is 1. The van der Waals surface area contributed by atoms with Gasteiger partial charge in [-0.15, -0.1) is 16.8 Å². The van der Waals surface area contributed by atoms with Crippen LogP contribution in [0, 0.1) is 6.92 Å². The summed E-state index contributed by atoms with van der Waals surface area (Å²) in [6.45, 7) is 5.43. The Labute approximate surface area is 132 Å². The zero-order valence-corrected chi connectivity index (χ0v) is 13.4. The molecule has 0 radical (unpaired) electrons. The standard InChI is InChI=1S/C13H14N4O3S2/c1-3-8-14-22(19,20)13-17-16-12(21-13)15-11(18)10-6-4-9(2)5-7-10/h3-7,14H,1,8H2,2H3,(H,15,16,18). The van der Waals surface area contributed by atoms with Crippen molar-refractivity contribution in [3.05, 3.63) is 48.0 Å². The van der Waals surface area contributed by atoms with E-state index in [9.17, 15) is 13.2 Å². The number of nitrogens with one attached hydrogen (secondary N) is 2. The molecule has 2 N–H and O–H groups in total. The second-order valence-corrected chi connectivity index (χ2v) is 7.25. The van der Waals surface area contributed by atoms with Gasteiger partial charge in [-0.25, -0.2) is 13.1 Å². The highest BCUT2D eigenvalue weighted by Crippen LogP contribution is 2.20. The summed E-state index contributed by atoms with van der Waals surface area (Å²) in [5, 5.41) is 9.87. The first-order valence-electron chi connectivity index (χ1n) is 6.24. The third kappa shape index (κ3) is 3.97. The number of hydrogen-bond donors (Lipinski definition) is 2. The first kappa shape index (κ1) is 16.3. The number of anilines is 1. The average Bonchev–Trinajstić information content (AvgIpc) is 2.95. The number of aryl methyl sites for hydroxylation is 1. The van der Waals surface area contributed by atoms with Gasteiger partial charge in [-0.2, -0.15) is 0 Å². The molecule has 0 atom stereocenters. The maximum atomic E-state index is 12.0. The molecule has 0 aliphatic carbocycles. The lowest BCUT2D eigenvalue weighted by Gasteiger charge is -2.01. The van der Waals surface area contributed by atoms with Gasteiger partial charge in [-0.3, -0.25) is 10.1 Å². The van der Waals surface area contributed by atoms with Crippen molar-refractivity contribution in [1.29, 1.82) is 0 Å².